The van der Waals surface area contributed by atoms with Gasteiger partial charge in [0.2, 0.25) is 5.91 Å². The highest BCUT2D eigenvalue weighted by atomic mass is 32.2. The Bertz CT molecular complexity index is 1390. The number of carbonyl (C=O) groups excluding carboxylic acids is 1. The van der Waals surface area contributed by atoms with Gasteiger partial charge in [-0.1, -0.05) is 12.1 Å². The van der Waals surface area contributed by atoms with E-state index in [2.05, 4.69) is 5.32 Å². The number of hydrogen-bond acceptors (Lipinski definition) is 5. The second-order valence-corrected chi connectivity index (χ2v) is 8.99. The molecular weight excluding hydrogens is 458 g/mol. The first kappa shape index (κ1) is 24.5. The summed E-state index contributed by atoms with van der Waals surface area (Å²) in [7, 11) is 1.65. The molecule has 3 aromatic carbocycles. The highest BCUT2D eigenvalue weighted by molar-refractivity contribution is 7.98. The third-order valence-corrected chi connectivity index (χ3v) is 6.59. The highest BCUT2D eigenvalue weighted by Gasteiger charge is 2.19. The average Bonchev–Trinajstić information content (AvgIpc) is 3.30. The molecule has 0 fully saturated rings. The number of carbonyl (C=O) groups is 1. The van der Waals surface area contributed by atoms with Gasteiger partial charge < -0.3 is 19.2 Å². The van der Waals surface area contributed by atoms with Gasteiger partial charge >= 0.3 is 0 Å². The van der Waals surface area contributed by atoms with E-state index in [0.29, 0.717) is 6.61 Å². The number of benzene rings is 3. The van der Waals surface area contributed by atoms with Crippen molar-refractivity contribution in [2.45, 2.75) is 25.7 Å². The molecule has 180 valence electrons. The molecule has 1 aromatic heterocycles. The van der Waals surface area contributed by atoms with Gasteiger partial charge in [0.15, 0.2) is 0 Å². The molecule has 4 aromatic rings. The molecule has 0 spiro atoms. The summed E-state index contributed by atoms with van der Waals surface area (Å²) in [5, 5.41) is 3.90. The van der Waals surface area contributed by atoms with Gasteiger partial charge in [0.05, 0.1) is 20.0 Å². The van der Waals surface area contributed by atoms with Crippen molar-refractivity contribution in [3.05, 3.63) is 78.1 Å². The summed E-state index contributed by atoms with van der Waals surface area (Å²) < 4.78 is 17.4. The molecule has 5 nitrogen and oxygen atoms in total. The first-order valence-electron chi connectivity index (χ1n) is 11.4. The summed E-state index contributed by atoms with van der Waals surface area (Å²) in [5.74, 6) is 1.30. The maximum atomic E-state index is 12.8. The number of allylic oxidation sites excluding steroid dienone is 1. The molecule has 6 heteroatoms. The van der Waals surface area contributed by atoms with E-state index in [-0.39, 0.29) is 5.91 Å². The van der Waals surface area contributed by atoms with Crippen LogP contribution in [-0.2, 0) is 4.79 Å². The van der Waals surface area contributed by atoms with E-state index >= 15 is 0 Å². The number of hydrogen-bond donors (Lipinski definition) is 1. The molecule has 0 unspecified atom stereocenters. The Labute approximate surface area is 210 Å². The molecule has 0 saturated heterocycles. The fourth-order valence-corrected chi connectivity index (χ4v) is 4.49. The molecule has 0 saturated carbocycles. The molecule has 35 heavy (non-hydrogen) atoms. The normalized spacial score (nSPS) is 11.5. The van der Waals surface area contributed by atoms with Crippen molar-refractivity contribution >= 4 is 39.9 Å². The van der Waals surface area contributed by atoms with Crippen LogP contribution in [0.5, 0.6) is 11.5 Å². The van der Waals surface area contributed by atoms with E-state index < -0.39 is 0 Å². The van der Waals surface area contributed by atoms with Gasteiger partial charge in [-0.15, -0.1) is 11.8 Å². The maximum absolute atomic E-state index is 12.8. The number of rotatable bonds is 8. The molecule has 1 N–H and O–H groups in total. The van der Waals surface area contributed by atoms with Crippen molar-refractivity contribution in [3.8, 4) is 22.6 Å². The molecule has 0 radical (unpaired) electrons. The first-order valence-corrected chi connectivity index (χ1v) is 12.6. The van der Waals surface area contributed by atoms with Crippen LogP contribution < -0.4 is 14.8 Å². The fraction of sp³-hybridized carbons (Fsp3) is 0.207. The number of thioether (sulfide) groups is 1. The minimum Gasteiger partial charge on any atom is -0.497 e. The largest absolute Gasteiger partial charge is 0.497 e. The molecule has 0 bridgehead atoms. The number of anilines is 1. The molecule has 1 amide bonds. The Kier molecular flexibility index (Phi) is 7.51. The molecule has 0 atom stereocenters. The molecule has 1 heterocycles. The Hall–Kier alpha value is -3.64. The number of aryl methyl sites for hydroxylation is 1. The third kappa shape index (κ3) is 5.23. The monoisotopic (exact) mass is 487 g/mol. The number of methoxy groups -OCH3 is 1. The summed E-state index contributed by atoms with van der Waals surface area (Å²) >= 11 is 1.66. The minimum atomic E-state index is -0.195. The lowest BCUT2D eigenvalue weighted by atomic mass is 9.96. The summed E-state index contributed by atoms with van der Waals surface area (Å²) in [4.78, 5) is 14.0. The Morgan fingerprint density at radius 3 is 2.60 bits per heavy atom. The lowest BCUT2D eigenvalue weighted by Gasteiger charge is -2.15. The second kappa shape index (κ2) is 10.7. The van der Waals surface area contributed by atoms with Gasteiger partial charge in [-0.05, 0) is 80.6 Å². The Balaban J connectivity index is 1.75. The first-order chi connectivity index (χ1) is 16.9. The van der Waals surface area contributed by atoms with E-state index in [1.165, 1.54) is 0 Å². The molecule has 4 rings (SSSR count). The third-order valence-electron chi connectivity index (χ3n) is 5.84. The molecule has 0 aliphatic heterocycles. The standard InChI is InChI=1S/C29H29NO4S/c1-6-33-28-19(3)29-25(26(17-34-29)20-8-7-9-22(15-20)32-4)16-24(28)18(2)14-27(31)30-21-10-12-23(35-5)13-11-21/h7-17H,6H2,1-5H3,(H,30,31)/b18-14+. The summed E-state index contributed by atoms with van der Waals surface area (Å²) in [6.45, 7) is 6.35. The topological polar surface area (TPSA) is 60.7 Å². The number of nitrogens with one attached hydrogen (secondary N) is 1. The summed E-state index contributed by atoms with van der Waals surface area (Å²) in [6.07, 6.45) is 5.39. The van der Waals surface area contributed by atoms with Crippen LogP contribution in [0.1, 0.15) is 25.0 Å². The smallest absolute Gasteiger partial charge is 0.248 e. The Morgan fingerprint density at radius 1 is 1.14 bits per heavy atom. The van der Waals surface area contributed by atoms with Crippen LogP contribution in [-0.4, -0.2) is 25.9 Å². The zero-order valence-corrected chi connectivity index (χ0v) is 21.4. The lowest BCUT2D eigenvalue weighted by Crippen LogP contribution is -2.09. The van der Waals surface area contributed by atoms with Crippen LogP contribution in [0.15, 0.2) is 76.2 Å². The van der Waals surface area contributed by atoms with Crippen LogP contribution in [0, 0.1) is 6.92 Å². The molecule has 0 aliphatic rings. The van der Waals surface area contributed by atoms with Crippen molar-refractivity contribution in [1.82, 2.24) is 0 Å². The fourth-order valence-electron chi connectivity index (χ4n) is 4.08. The van der Waals surface area contributed by atoms with Crippen molar-refractivity contribution in [2.75, 3.05) is 25.3 Å². The van der Waals surface area contributed by atoms with Gasteiger partial charge in [-0.2, -0.15) is 0 Å². The zero-order chi connectivity index (χ0) is 24.9. The zero-order valence-electron chi connectivity index (χ0n) is 20.6. The Morgan fingerprint density at radius 2 is 1.91 bits per heavy atom. The van der Waals surface area contributed by atoms with Gasteiger partial charge in [0.25, 0.3) is 0 Å². The maximum Gasteiger partial charge on any atom is 0.248 e. The van der Waals surface area contributed by atoms with Gasteiger partial charge in [0, 0.05) is 38.7 Å². The number of ether oxygens (including phenoxy) is 2. The van der Waals surface area contributed by atoms with Crippen molar-refractivity contribution < 1.29 is 18.7 Å². The molecule has 0 aliphatic carbocycles. The van der Waals surface area contributed by atoms with Crippen LogP contribution in [0.2, 0.25) is 0 Å². The average molecular weight is 488 g/mol. The lowest BCUT2D eigenvalue weighted by molar-refractivity contribution is -0.111. The predicted octanol–water partition coefficient (Wildman–Crippen LogP) is 7.58. The van der Waals surface area contributed by atoms with Crippen LogP contribution in [0.4, 0.5) is 5.69 Å². The van der Waals surface area contributed by atoms with E-state index in [0.717, 1.165) is 60.9 Å². The van der Waals surface area contributed by atoms with E-state index in [1.54, 1.807) is 31.2 Å². The van der Waals surface area contributed by atoms with Crippen molar-refractivity contribution in [2.24, 2.45) is 0 Å². The summed E-state index contributed by atoms with van der Waals surface area (Å²) in [5.41, 5.74) is 6.02. The quantitative estimate of drug-likeness (QED) is 0.205. The highest BCUT2D eigenvalue weighted by Crippen LogP contribution is 2.41. The number of furan rings is 1. The van der Waals surface area contributed by atoms with Crippen LogP contribution >= 0.6 is 11.8 Å². The van der Waals surface area contributed by atoms with E-state index in [9.17, 15) is 4.79 Å². The van der Waals surface area contributed by atoms with E-state index in [1.807, 2.05) is 81.6 Å². The predicted molar refractivity (Wildman–Crippen MR) is 145 cm³/mol. The molecular formula is C29H29NO4S. The van der Waals surface area contributed by atoms with Gasteiger partial charge in [-0.3, -0.25) is 4.79 Å². The van der Waals surface area contributed by atoms with Crippen LogP contribution in [0.3, 0.4) is 0 Å². The van der Waals surface area contributed by atoms with Gasteiger partial charge in [-0.25, -0.2) is 0 Å². The SMILES string of the molecule is CCOc1c(/C(C)=C/C(=O)Nc2ccc(SC)cc2)cc2c(-c3cccc(OC)c3)coc2c1C. The number of fused-ring (bicyclic) bond motifs is 1. The van der Waals surface area contributed by atoms with Crippen LogP contribution in [0.25, 0.3) is 27.7 Å². The minimum absolute atomic E-state index is 0.195. The van der Waals surface area contributed by atoms with Gasteiger partial charge in [0.1, 0.15) is 17.1 Å². The van der Waals surface area contributed by atoms with Crippen molar-refractivity contribution in [3.63, 3.8) is 0 Å². The van der Waals surface area contributed by atoms with Crippen molar-refractivity contribution in [1.29, 1.82) is 0 Å². The number of amides is 1. The van der Waals surface area contributed by atoms with E-state index in [4.69, 9.17) is 13.9 Å². The summed E-state index contributed by atoms with van der Waals surface area (Å²) in [6, 6.07) is 17.7. The second-order valence-electron chi connectivity index (χ2n) is 8.11.